The summed E-state index contributed by atoms with van der Waals surface area (Å²) in [6.07, 6.45) is 7.04. The van der Waals surface area contributed by atoms with Crippen LogP contribution >= 0.6 is 0 Å². The number of nitrogens with one attached hydrogen (secondary N) is 2. The monoisotopic (exact) mass is 452 g/mol. The van der Waals surface area contributed by atoms with Gasteiger partial charge in [-0.3, -0.25) is 19.4 Å². The molecule has 2 N–H and O–H groups in total. The minimum atomic E-state index is -0.343. The van der Waals surface area contributed by atoms with E-state index in [1.54, 1.807) is 22.8 Å². The summed E-state index contributed by atoms with van der Waals surface area (Å²) in [7, 11) is 0. The number of H-pyrrole nitrogens is 1. The third kappa shape index (κ3) is 6.03. The highest BCUT2D eigenvalue weighted by atomic mass is 19.1. The van der Waals surface area contributed by atoms with Crippen LogP contribution < -0.4 is 10.9 Å². The maximum atomic E-state index is 14.4. The maximum absolute atomic E-state index is 14.4. The van der Waals surface area contributed by atoms with E-state index >= 15 is 0 Å². The van der Waals surface area contributed by atoms with Crippen molar-refractivity contribution in [2.75, 3.05) is 5.32 Å². The molecule has 1 amide bonds. The van der Waals surface area contributed by atoms with E-state index in [2.05, 4.69) is 15.3 Å². The van der Waals surface area contributed by atoms with Gasteiger partial charge in [0.05, 0.1) is 23.8 Å². The van der Waals surface area contributed by atoms with Gasteiger partial charge in [0.2, 0.25) is 5.91 Å². The smallest absolute Gasteiger partial charge is 0.274 e. The van der Waals surface area contributed by atoms with Crippen molar-refractivity contribution >= 4 is 28.9 Å². The minimum absolute atomic E-state index is 0.204. The largest absolute Gasteiger partial charge is 0.355 e. The Morgan fingerprint density at radius 3 is 2.85 bits per heavy atom. The second-order valence-corrected chi connectivity index (χ2v) is 8.52. The molecule has 0 fully saturated rings. The van der Waals surface area contributed by atoms with Crippen molar-refractivity contribution in [1.82, 2.24) is 14.5 Å². The number of aryl methyl sites for hydroxylation is 1. The lowest BCUT2D eigenvalue weighted by atomic mass is 10.0. The molecule has 0 atom stereocenters. The molecule has 3 heterocycles. The third-order valence-electron chi connectivity index (χ3n) is 5.36. The van der Waals surface area contributed by atoms with Crippen molar-refractivity contribution in [3.05, 3.63) is 69.7 Å². The standard InChI is InChI=1S/C25H29FN4O3/c1-16(2)12-19-20(26)14-27-22-13-18(28-24(19)22)15-30-17(3)9-10-21(25(30)33)29-23(32)8-6-4-5-7-11-31/h5,7,9-11,13-14,16,28H,4,6,8,12,15H2,1-3H3,(H,29,32)/b7-5+. The molecule has 3 rings (SSSR count). The first-order chi connectivity index (χ1) is 15.8. The van der Waals surface area contributed by atoms with Crippen molar-refractivity contribution in [1.29, 1.82) is 0 Å². The molecular formula is C25H29FN4O3. The van der Waals surface area contributed by atoms with Gasteiger partial charge in [0, 0.05) is 23.4 Å². The number of hydrogen-bond donors (Lipinski definition) is 2. The summed E-state index contributed by atoms with van der Waals surface area (Å²) in [6.45, 7) is 6.11. The number of carbonyl (C=O) groups excluding carboxylic acids is 2. The van der Waals surface area contributed by atoms with E-state index in [9.17, 15) is 18.8 Å². The van der Waals surface area contributed by atoms with Gasteiger partial charge >= 0.3 is 0 Å². The Balaban J connectivity index is 1.81. The summed E-state index contributed by atoms with van der Waals surface area (Å²) in [5.41, 5.74) is 3.24. The number of rotatable bonds is 10. The summed E-state index contributed by atoms with van der Waals surface area (Å²) < 4.78 is 15.9. The molecular weight excluding hydrogens is 423 g/mol. The van der Waals surface area contributed by atoms with Gasteiger partial charge < -0.3 is 14.9 Å². The Morgan fingerprint density at radius 1 is 1.33 bits per heavy atom. The second kappa shape index (κ2) is 10.8. The molecule has 0 unspecified atom stereocenters. The van der Waals surface area contributed by atoms with E-state index in [4.69, 9.17) is 0 Å². The summed E-state index contributed by atoms with van der Waals surface area (Å²) in [4.78, 5) is 43.0. The minimum Gasteiger partial charge on any atom is -0.355 e. The van der Waals surface area contributed by atoms with Gasteiger partial charge in [0.25, 0.3) is 5.56 Å². The van der Waals surface area contributed by atoms with Crippen LogP contribution in [0.3, 0.4) is 0 Å². The van der Waals surface area contributed by atoms with Crippen LogP contribution in [0.2, 0.25) is 0 Å². The van der Waals surface area contributed by atoms with E-state index in [0.717, 1.165) is 11.4 Å². The number of nitrogens with zero attached hydrogens (tertiary/aromatic N) is 2. The van der Waals surface area contributed by atoms with Crippen molar-refractivity contribution in [3.63, 3.8) is 0 Å². The predicted molar refractivity (Wildman–Crippen MR) is 127 cm³/mol. The van der Waals surface area contributed by atoms with E-state index in [1.807, 2.05) is 26.8 Å². The van der Waals surface area contributed by atoms with Crippen LogP contribution in [-0.4, -0.2) is 26.7 Å². The lowest BCUT2D eigenvalue weighted by Crippen LogP contribution is -2.27. The number of carbonyl (C=O) groups is 2. The lowest BCUT2D eigenvalue weighted by molar-refractivity contribution is -0.116. The van der Waals surface area contributed by atoms with Crippen molar-refractivity contribution in [2.24, 2.45) is 5.92 Å². The highest BCUT2D eigenvalue weighted by Gasteiger charge is 2.15. The topological polar surface area (TPSA) is 96.8 Å². The number of anilines is 1. The molecule has 0 saturated heterocycles. The Morgan fingerprint density at radius 2 is 2.12 bits per heavy atom. The van der Waals surface area contributed by atoms with Crippen LogP contribution in [0, 0.1) is 18.7 Å². The number of aromatic amines is 1. The van der Waals surface area contributed by atoms with Gasteiger partial charge in [-0.25, -0.2) is 4.39 Å². The molecule has 3 aromatic rings. The fourth-order valence-electron chi connectivity index (χ4n) is 3.72. The number of hydrogen-bond acceptors (Lipinski definition) is 4. The highest BCUT2D eigenvalue weighted by molar-refractivity contribution is 5.90. The van der Waals surface area contributed by atoms with Crippen molar-refractivity contribution in [2.45, 2.75) is 53.0 Å². The zero-order valence-electron chi connectivity index (χ0n) is 19.2. The van der Waals surface area contributed by atoms with Crippen LogP contribution in [0.25, 0.3) is 11.0 Å². The average Bonchev–Trinajstić information content (AvgIpc) is 3.18. The molecule has 0 spiro atoms. The number of halogens is 1. The van der Waals surface area contributed by atoms with Gasteiger partial charge in [-0.2, -0.15) is 0 Å². The number of allylic oxidation sites excluding steroid dienone is 2. The average molecular weight is 453 g/mol. The number of pyridine rings is 2. The fraction of sp³-hybridized carbons (Fsp3) is 0.360. The lowest BCUT2D eigenvalue weighted by Gasteiger charge is -2.12. The quantitative estimate of drug-likeness (QED) is 0.273. The van der Waals surface area contributed by atoms with Gasteiger partial charge in [-0.05, 0) is 56.4 Å². The second-order valence-electron chi connectivity index (χ2n) is 8.52. The van der Waals surface area contributed by atoms with Crippen LogP contribution in [0.15, 0.2) is 41.3 Å². The first-order valence-corrected chi connectivity index (χ1v) is 11.1. The number of fused-ring (bicyclic) bond motifs is 1. The first-order valence-electron chi connectivity index (χ1n) is 11.1. The number of unbranched alkanes of at least 4 members (excludes halogenated alkanes) is 1. The number of aromatic nitrogens is 3. The molecule has 0 saturated carbocycles. The molecule has 174 valence electrons. The van der Waals surface area contributed by atoms with E-state index in [-0.39, 0.29) is 41.9 Å². The molecule has 3 aromatic heterocycles. The predicted octanol–water partition coefficient (Wildman–Crippen LogP) is 4.28. The molecule has 0 bridgehead atoms. The summed E-state index contributed by atoms with van der Waals surface area (Å²) in [6, 6.07) is 5.19. The zero-order chi connectivity index (χ0) is 24.0. The van der Waals surface area contributed by atoms with Crippen molar-refractivity contribution in [3.8, 4) is 0 Å². The Bertz CT molecular complexity index is 1240. The van der Waals surface area contributed by atoms with Crippen LogP contribution in [0.5, 0.6) is 0 Å². The summed E-state index contributed by atoms with van der Waals surface area (Å²) >= 11 is 0. The van der Waals surface area contributed by atoms with Crippen molar-refractivity contribution < 1.29 is 14.0 Å². The highest BCUT2D eigenvalue weighted by Crippen LogP contribution is 2.23. The normalized spacial score (nSPS) is 11.5. The molecule has 0 aromatic carbocycles. The van der Waals surface area contributed by atoms with E-state index < -0.39 is 0 Å². The van der Waals surface area contributed by atoms with Gasteiger partial charge in [0.1, 0.15) is 17.8 Å². The molecule has 8 heteroatoms. The summed E-state index contributed by atoms with van der Waals surface area (Å²) in [5.74, 6) is -0.321. The number of aldehydes is 1. The zero-order valence-corrected chi connectivity index (χ0v) is 19.2. The summed E-state index contributed by atoms with van der Waals surface area (Å²) in [5, 5.41) is 2.68. The third-order valence-corrected chi connectivity index (χ3v) is 5.36. The van der Waals surface area contributed by atoms with Gasteiger partial charge in [-0.15, -0.1) is 0 Å². The Kier molecular flexibility index (Phi) is 7.92. The first kappa shape index (κ1) is 24.1. The molecule has 7 nitrogen and oxygen atoms in total. The van der Waals surface area contributed by atoms with Crippen LogP contribution in [0.4, 0.5) is 10.1 Å². The Labute approximate surface area is 191 Å². The van der Waals surface area contributed by atoms with E-state index in [1.165, 1.54) is 12.3 Å². The SMILES string of the molecule is Cc1ccc(NC(=O)CCC/C=C/C=O)c(=O)n1Cc1cc2ncc(F)c(CC(C)C)c2[nH]1. The van der Waals surface area contributed by atoms with Crippen LogP contribution in [0.1, 0.15) is 50.1 Å². The molecule has 33 heavy (non-hydrogen) atoms. The van der Waals surface area contributed by atoms with Gasteiger partial charge in [-0.1, -0.05) is 19.9 Å². The number of amides is 1. The Hall–Kier alpha value is -3.55. The van der Waals surface area contributed by atoms with Crippen LogP contribution in [-0.2, 0) is 22.6 Å². The maximum Gasteiger partial charge on any atom is 0.274 e. The fourth-order valence-corrected chi connectivity index (χ4v) is 3.72. The molecule has 0 aliphatic heterocycles. The van der Waals surface area contributed by atoms with Gasteiger partial charge in [0.15, 0.2) is 0 Å². The molecule has 0 aliphatic carbocycles. The van der Waals surface area contributed by atoms with E-state index in [0.29, 0.717) is 42.1 Å². The molecule has 0 radical (unpaired) electrons. The molecule has 0 aliphatic rings.